The summed E-state index contributed by atoms with van der Waals surface area (Å²) in [5.41, 5.74) is 1.39. The molecule has 1 amide bonds. The molecule has 0 aliphatic heterocycles. The van der Waals surface area contributed by atoms with E-state index >= 15 is 0 Å². The van der Waals surface area contributed by atoms with Crippen molar-refractivity contribution in [1.82, 2.24) is 0 Å². The average molecular weight is 260 g/mol. The summed E-state index contributed by atoms with van der Waals surface area (Å²) in [5, 5.41) is 2.94. The zero-order valence-corrected chi connectivity index (χ0v) is 10.1. The number of ketones is 1. The second kappa shape index (κ2) is 5.47. The van der Waals surface area contributed by atoms with E-state index in [1.165, 1.54) is 0 Å². The average Bonchev–Trinajstić information content (AvgIpc) is 2.40. The minimum Gasteiger partial charge on any atom is -0.328 e. The van der Waals surface area contributed by atoms with Crippen LogP contribution in [0.1, 0.15) is 15.9 Å². The van der Waals surface area contributed by atoms with Crippen LogP contribution in [0.2, 0.25) is 5.02 Å². The number of halogens is 1. The maximum Gasteiger partial charge on any atom is 0.211 e. The Bertz CT molecular complexity index is 582. The predicted molar refractivity (Wildman–Crippen MR) is 71.0 cm³/mol. The molecular formula is C14H10ClNO2. The molecule has 0 saturated heterocycles. The summed E-state index contributed by atoms with van der Waals surface area (Å²) >= 11 is 5.84. The van der Waals surface area contributed by atoms with Crippen molar-refractivity contribution in [3.8, 4) is 0 Å². The van der Waals surface area contributed by atoms with E-state index < -0.39 is 0 Å². The Kier molecular flexibility index (Phi) is 3.75. The molecule has 0 bridgehead atoms. The van der Waals surface area contributed by atoms with Gasteiger partial charge in [-0.05, 0) is 18.2 Å². The summed E-state index contributed by atoms with van der Waals surface area (Å²) < 4.78 is 0. The summed E-state index contributed by atoms with van der Waals surface area (Å²) in [5.74, 6) is -0.156. The number of nitrogens with one attached hydrogen (secondary N) is 1. The number of hydrogen-bond acceptors (Lipinski definition) is 2. The van der Waals surface area contributed by atoms with Crippen molar-refractivity contribution >= 4 is 29.5 Å². The van der Waals surface area contributed by atoms with Gasteiger partial charge in [-0.1, -0.05) is 41.9 Å². The smallest absolute Gasteiger partial charge is 0.211 e. The second-order valence-electron chi connectivity index (χ2n) is 3.65. The highest BCUT2D eigenvalue weighted by Gasteiger charge is 2.13. The number of benzene rings is 2. The number of hydrogen-bond donors (Lipinski definition) is 1. The van der Waals surface area contributed by atoms with E-state index in [4.69, 9.17) is 11.6 Å². The lowest BCUT2D eigenvalue weighted by molar-refractivity contribution is -0.105. The van der Waals surface area contributed by atoms with Crippen LogP contribution in [0, 0.1) is 0 Å². The van der Waals surface area contributed by atoms with Gasteiger partial charge in [-0.15, -0.1) is 0 Å². The van der Waals surface area contributed by atoms with Crippen molar-refractivity contribution in [1.29, 1.82) is 0 Å². The van der Waals surface area contributed by atoms with Crippen molar-refractivity contribution in [2.24, 2.45) is 0 Å². The van der Waals surface area contributed by atoms with Crippen molar-refractivity contribution in [2.45, 2.75) is 0 Å². The maximum atomic E-state index is 12.3. The van der Waals surface area contributed by atoms with E-state index in [1.54, 1.807) is 42.5 Å². The van der Waals surface area contributed by atoms with Crippen molar-refractivity contribution in [3.05, 3.63) is 64.7 Å². The van der Waals surface area contributed by atoms with Crippen LogP contribution < -0.4 is 5.32 Å². The van der Waals surface area contributed by atoms with E-state index in [9.17, 15) is 9.59 Å². The molecule has 0 unspecified atom stereocenters. The minimum atomic E-state index is -0.156. The van der Waals surface area contributed by atoms with Crippen LogP contribution >= 0.6 is 11.6 Å². The highest BCUT2D eigenvalue weighted by molar-refractivity contribution is 6.31. The van der Waals surface area contributed by atoms with Gasteiger partial charge in [-0.3, -0.25) is 9.59 Å². The van der Waals surface area contributed by atoms with Crippen molar-refractivity contribution in [2.75, 3.05) is 5.32 Å². The second-order valence-corrected chi connectivity index (χ2v) is 4.08. The molecule has 0 fully saturated rings. The van der Waals surface area contributed by atoms with E-state index in [2.05, 4.69) is 5.32 Å². The highest BCUT2D eigenvalue weighted by Crippen LogP contribution is 2.23. The molecular weight excluding hydrogens is 250 g/mol. The molecule has 0 spiro atoms. The predicted octanol–water partition coefficient (Wildman–Crippen LogP) is 3.14. The standard InChI is InChI=1S/C14H10ClNO2/c15-11-6-7-12(13(8-11)16-9-17)14(18)10-4-2-1-3-5-10/h1-9H,(H,16,17). The van der Waals surface area contributed by atoms with Crippen LogP contribution in [0.25, 0.3) is 0 Å². The Balaban J connectivity index is 2.44. The molecule has 3 nitrogen and oxygen atoms in total. The zero-order valence-electron chi connectivity index (χ0n) is 9.39. The molecule has 90 valence electrons. The summed E-state index contributed by atoms with van der Waals surface area (Å²) in [6, 6.07) is 13.6. The SMILES string of the molecule is O=CNc1cc(Cl)ccc1C(=O)c1ccccc1. The summed E-state index contributed by atoms with van der Waals surface area (Å²) in [6.07, 6.45) is 0.521. The molecule has 0 atom stereocenters. The van der Waals surface area contributed by atoms with Crippen LogP contribution in [0.15, 0.2) is 48.5 Å². The quantitative estimate of drug-likeness (QED) is 0.677. The van der Waals surface area contributed by atoms with Gasteiger partial charge in [-0.25, -0.2) is 0 Å². The fourth-order valence-electron chi connectivity index (χ4n) is 1.64. The van der Waals surface area contributed by atoms with Crippen LogP contribution in [0.3, 0.4) is 0 Å². The molecule has 0 saturated carbocycles. The Morgan fingerprint density at radius 3 is 2.50 bits per heavy atom. The lowest BCUT2D eigenvalue weighted by atomic mass is 10.0. The number of anilines is 1. The summed E-state index contributed by atoms with van der Waals surface area (Å²) in [6.45, 7) is 0. The largest absolute Gasteiger partial charge is 0.328 e. The van der Waals surface area contributed by atoms with Crippen molar-refractivity contribution < 1.29 is 9.59 Å². The van der Waals surface area contributed by atoms with Gasteiger partial charge < -0.3 is 5.32 Å². The first-order valence-corrected chi connectivity index (χ1v) is 5.69. The lowest BCUT2D eigenvalue weighted by Gasteiger charge is -2.08. The fourth-order valence-corrected chi connectivity index (χ4v) is 1.81. The van der Waals surface area contributed by atoms with Crippen molar-refractivity contribution in [3.63, 3.8) is 0 Å². The molecule has 2 aromatic carbocycles. The van der Waals surface area contributed by atoms with E-state index in [0.29, 0.717) is 28.2 Å². The highest BCUT2D eigenvalue weighted by atomic mass is 35.5. The normalized spacial score (nSPS) is 9.83. The van der Waals surface area contributed by atoms with Crippen LogP contribution in [-0.2, 0) is 4.79 Å². The zero-order chi connectivity index (χ0) is 13.0. The number of rotatable bonds is 4. The number of carbonyl (C=O) groups is 2. The molecule has 0 radical (unpaired) electrons. The third-order valence-corrected chi connectivity index (χ3v) is 2.71. The number of amides is 1. The van der Waals surface area contributed by atoms with E-state index in [1.807, 2.05) is 6.07 Å². The third-order valence-electron chi connectivity index (χ3n) is 2.48. The third kappa shape index (κ3) is 2.57. The van der Waals surface area contributed by atoms with Crippen LogP contribution in [0.4, 0.5) is 5.69 Å². The van der Waals surface area contributed by atoms with Crippen LogP contribution in [0.5, 0.6) is 0 Å². The molecule has 2 rings (SSSR count). The fraction of sp³-hybridized carbons (Fsp3) is 0. The Hall–Kier alpha value is -2.13. The first-order valence-electron chi connectivity index (χ1n) is 5.32. The van der Waals surface area contributed by atoms with E-state index in [0.717, 1.165) is 0 Å². The summed E-state index contributed by atoms with van der Waals surface area (Å²) in [7, 11) is 0. The molecule has 0 aliphatic carbocycles. The molecule has 18 heavy (non-hydrogen) atoms. The molecule has 2 aromatic rings. The Morgan fingerprint density at radius 2 is 1.83 bits per heavy atom. The Labute approximate surface area is 109 Å². The molecule has 0 heterocycles. The molecule has 4 heteroatoms. The van der Waals surface area contributed by atoms with Gasteiger partial charge in [-0.2, -0.15) is 0 Å². The first kappa shape index (κ1) is 12.3. The van der Waals surface area contributed by atoms with Gasteiger partial charge in [0.05, 0.1) is 5.69 Å². The minimum absolute atomic E-state index is 0.156. The van der Waals surface area contributed by atoms with Gasteiger partial charge >= 0.3 is 0 Å². The van der Waals surface area contributed by atoms with Crippen LogP contribution in [-0.4, -0.2) is 12.2 Å². The molecule has 0 aliphatic rings. The maximum absolute atomic E-state index is 12.3. The van der Waals surface area contributed by atoms with Gasteiger partial charge in [0, 0.05) is 16.1 Å². The monoisotopic (exact) mass is 259 g/mol. The van der Waals surface area contributed by atoms with Gasteiger partial charge in [0.1, 0.15) is 0 Å². The van der Waals surface area contributed by atoms with Gasteiger partial charge in [0.2, 0.25) is 6.41 Å². The topological polar surface area (TPSA) is 46.2 Å². The molecule has 0 aromatic heterocycles. The number of carbonyl (C=O) groups excluding carboxylic acids is 2. The van der Waals surface area contributed by atoms with Gasteiger partial charge in [0.25, 0.3) is 0 Å². The first-order chi connectivity index (χ1) is 8.72. The van der Waals surface area contributed by atoms with E-state index in [-0.39, 0.29) is 5.78 Å². The lowest BCUT2D eigenvalue weighted by Crippen LogP contribution is -2.06. The Morgan fingerprint density at radius 1 is 1.11 bits per heavy atom. The van der Waals surface area contributed by atoms with Gasteiger partial charge in [0.15, 0.2) is 5.78 Å². The summed E-state index contributed by atoms with van der Waals surface area (Å²) in [4.78, 5) is 22.8. The molecule has 1 N–H and O–H groups in total.